The molecule has 2 unspecified atom stereocenters. The molecule has 2 atom stereocenters. The normalized spacial score (nSPS) is 24.2. The lowest BCUT2D eigenvalue weighted by Crippen LogP contribution is -2.50. The molecule has 1 rings (SSSR count). The minimum Gasteiger partial charge on any atom is -0.315 e. The number of carbonyl (C=O) groups excluding carboxylic acids is 1. The first-order valence-corrected chi connectivity index (χ1v) is 5.45. The van der Waals surface area contributed by atoms with E-state index in [1.54, 1.807) is 0 Å². The fourth-order valence-electron chi connectivity index (χ4n) is 1.90. The number of nitrogens with one attached hydrogen (secondary N) is 1. The Balaban J connectivity index is 2.60. The molecule has 1 fully saturated rings. The highest BCUT2D eigenvalue weighted by Gasteiger charge is 2.28. The predicted octanol–water partition coefficient (Wildman–Crippen LogP) is 0.250. The summed E-state index contributed by atoms with van der Waals surface area (Å²) in [6, 6.07) is 3.59. The zero-order chi connectivity index (χ0) is 12.0. The summed E-state index contributed by atoms with van der Waals surface area (Å²) in [6.45, 7) is 2.91. The summed E-state index contributed by atoms with van der Waals surface area (Å²) in [5, 5.41) is 20.3. The monoisotopic (exact) mass is 220 g/mol. The van der Waals surface area contributed by atoms with Crippen molar-refractivity contribution in [1.82, 2.24) is 10.2 Å². The zero-order valence-corrected chi connectivity index (χ0v) is 9.44. The van der Waals surface area contributed by atoms with Crippen LogP contribution in [-0.2, 0) is 4.79 Å². The smallest absolute Gasteiger partial charge is 0.241 e. The number of nitrogens with zero attached hydrogens (tertiary/aromatic N) is 3. The molecule has 1 aliphatic heterocycles. The lowest BCUT2D eigenvalue weighted by Gasteiger charge is -2.30. The third-order valence-electron chi connectivity index (χ3n) is 2.80. The number of nitriles is 2. The van der Waals surface area contributed by atoms with Crippen molar-refractivity contribution in [1.29, 1.82) is 10.5 Å². The molecule has 5 nitrogen and oxygen atoms in total. The second-order valence-corrected chi connectivity index (χ2v) is 4.15. The molecule has 0 aromatic heterocycles. The standard InChI is InChI=1S/C11H16N4O/c1-9-2-5-14-10(8-9)11(16)15(6-3-12)7-4-13/h9-10,14H,2,5-8H2,1H3. The van der Waals surface area contributed by atoms with Crippen LogP contribution < -0.4 is 5.32 Å². The van der Waals surface area contributed by atoms with E-state index in [9.17, 15) is 4.79 Å². The molecule has 0 aliphatic carbocycles. The maximum absolute atomic E-state index is 12.0. The SMILES string of the molecule is CC1CCNC(C(=O)N(CC#N)CC#N)C1. The zero-order valence-electron chi connectivity index (χ0n) is 9.44. The molecular weight excluding hydrogens is 204 g/mol. The van der Waals surface area contributed by atoms with E-state index in [1.165, 1.54) is 4.90 Å². The van der Waals surface area contributed by atoms with Gasteiger partial charge >= 0.3 is 0 Å². The Kier molecular flexibility index (Phi) is 4.75. The molecule has 1 heterocycles. The van der Waals surface area contributed by atoms with Crippen LogP contribution >= 0.6 is 0 Å². The first kappa shape index (κ1) is 12.5. The van der Waals surface area contributed by atoms with Crippen molar-refractivity contribution >= 4 is 5.91 Å². The van der Waals surface area contributed by atoms with Gasteiger partial charge in [-0.3, -0.25) is 4.79 Å². The number of rotatable bonds is 3. The molecule has 0 aromatic rings. The van der Waals surface area contributed by atoms with Gasteiger partial charge in [0.05, 0.1) is 18.2 Å². The van der Waals surface area contributed by atoms with Gasteiger partial charge in [0, 0.05) is 0 Å². The summed E-state index contributed by atoms with van der Waals surface area (Å²) in [7, 11) is 0. The van der Waals surface area contributed by atoms with Gasteiger partial charge in [0.25, 0.3) is 0 Å². The van der Waals surface area contributed by atoms with Crippen LogP contribution in [0.15, 0.2) is 0 Å². The molecule has 86 valence electrons. The maximum Gasteiger partial charge on any atom is 0.241 e. The quantitative estimate of drug-likeness (QED) is 0.691. The summed E-state index contributed by atoms with van der Waals surface area (Å²) < 4.78 is 0. The summed E-state index contributed by atoms with van der Waals surface area (Å²) >= 11 is 0. The van der Waals surface area contributed by atoms with Crippen molar-refractivity contribution in [2.75, 3.05) is 19.6 Å². The summed E-state index contributed by atoms with van der Waals surface area (Å²) in [5.41, 5.74) is 0. The topological polar surface area (TPSA) is 79.9 Å². The van der Waals surface area contributed by atoms with E-state index in [1.807, 2.05) is 12.1 Å². The van der Waals surface area contributed by atoms with E-state index in [-0.39, 0.29) is 25.0 Å². The van der Waals surface area contributed by atoms with Crippen LogP contribution in [0.25, 0.3) is 0 Å². The molecule has 1 N–H and O–H groups in total. The van der Waals surface area contributed by atoms with Gasteiger partial charge in [-0.05, 0) is 25.3 Å². The van der Waals surface area contributed by atoms with E-state index >= 15 is 0 Å². The van der Waals surface area contributed by atoms with Gasteiger partial charge in [-0.15, -0.1) is 0 Å². The Morgan fingerprint density at radius 3 is 2.56 bits per heavy atom. The van der Waals surface area contributed by atoms with Gasteiger partial charge in [0.2, 0.25) is 5.91 Å². The lowest BCUT2D eigenvalue weighted by atomic mass is 9.93. The van der Waals surface area contributed by atoms with Gasteiger partial charge in [-0.25, -0.2) is 0 Å². The minimum absolute atomic E-state index is 0.0149. The second kappa shape index (κ2) is 6.09. The predicted molar refractivity (Wildman–Crippen MR) is 58.0 cm³/mol. The number of carbonyl (C=O) groups is 1. The van der Waals surface area contributed by atoms with Gasteiger partial charge < -0.3 is 10.2 Å². The van der Waals surface area contributed by atoms with E-state index < -0.39 is 0 Å². The van der Waals surface area contributed by atoms with Crippen molar-refractivity contribution in [3.63, 3.8) is 0 Å². The van der Waals surface area contributed by atoms with Gasteiger partial charge in [-0.1, -0.05) is 6.92 Å². The van der Waals surface area contributed by atoms with Crippen molar-refractivity contribution in [3.05, 3.63) is 0 Å². The van der Waals surface area contributed by atoms with Crippen LogP contribution in [-0.4, -0.2) is 36.5 Å². The van der Waals surface area contributed by atoms with E-state index in [4.69, 9.17) is 10.5 Å². The molecule has 16 heavy (non-hydrogen) atoms. The van der Waals surface area contributed by atoms with Crippen LogP contribution in [0.5, 0.6) is 0 Å². The van der Waals surface area contributed by atoms with Crippen molar-refractivity contribution < 1.29 is 4.79 Å². The minimum atomic E-state index is -0.231. The van der Waals surface area contributed by atoms with Gasteiger partial charge in [0.15, 0.2) is 0 Å². The highest BCUT2D eigenvalue weighted by atomic mass is 16.2. The fourth-order valence-corrected chi connectivity index (χ4v) is 1.90. The van der Waals surface area contributed by atoms with Crippen LogP contribution in [0, 0.1) is 28.6 Å². The number of hydrogen-bond acceptors (Lipinski definition) is 4. The van der Waals surface area contributed by atoms with Crippen LogP contribution in [0.1, 0.15) is 19.8 Å². The number of piperidine rings is 1. The maximum atomic E-state index is 12.0. The Morgan fingerprint density at radius 1 is 1.44 bits per heavy atom. The Hall–Kier alpha value is -1.59. The Bertz CT molecular complexity index is 312. The Morgan fingerprint density at radius 2 is 2.06 bits per heavy atom. The molecule has 0 aromatic carbocycles. The number of hydrogen-bond donors (Lipinski definition) is 1. The summed E-state index contributed by atoms with van der Waals surface area (Å²) in [5.74, 6) is 0.385. The molecule has 1 aliphatic rings. The first-order valence-electron chi connectivity index (χ1n) is 5.45. The van der Waals surface area contributed by atoms with Gasteiger partial charge in [-0.2, -0.15) is 10.5 Å². The van der Waals surface area contributed by atoms with E-state index in [0.717, 1.165) is 19.4 Å². The highest BCUT2D eigenvalue weighted by molar-refractivity contribution is 5.82. The lowest BCUT2D eigenvalue weighted by molar-refractivity contribution is -0.133. The van der Waals surface area contributed by atoms with Gasteiger partial charge in [0.1, 0.15) is 13.1 Å². The largest absolute Gasteiger partial charge is 0.315 e. The van der Waals surface area contributed by atoms with E-state index in [2.05, 4.69) is 12.2 Å². The van der Waals surface area contributed by atoms with Crippen molar-refractivity contribution in [3.8, 4) is 12.1 Å². The molecule has 1 saturated heterocycles. The van der Waals surface area contributed by atoms with Crippen LogP contribution in [0.4, 0.5) is 0 Å². The molecule has 5 heteroatoms. The average Bonchev–Trinajstić information content (AvgIpc) is 2.28. The second-order valence-electron chi connectivity index (χ2n) is 4.15. The Labute approximate surface area is 95.6 Å². The highest BCUT2D eigenvalue weighted by Crippen LogP contribution is 2.16. The first-order chi connectivity index (χ1) is 7.69. The van der Waals surface area contributed by atoms with Crippen molar-refractivity contribution in [2.45, 2.75) is 25.8 Å². The average molecular weight is 220 g/mol. The summed E-state index contributed by atoms with van der Waals surface area (Å²) in [4.78, 5) is 13.3. The van der Waals surface area contributed by atoms with Crippen LogP contribution in [0.3, 0.4) is 0 Å². The third kappa shape index (κ3) is 3.22. The fraction of sp³-hybridized carbons (Fsp3) is 0.727. The van der Waals surface area contributed by atoms with Crippen LogP contribution in [0.2, 0.25) is 0 Å². The number of amides is 1. The summed E-state index contributed by atoms with van der Waals surface area (Å²) in [6.07, 6.45) is 1.85. The molecule has 1 amide bonds. The molecular formula is C11H16N4O. The molecule has 0 bridgehead atoms. The molecule has 0 radical (unpaired) electrons. The van der Waals surface area contributed by atoms with Crippen molar-refractivity contribution in [2.24, 2.45) is 5.92 Å². The molecule has 0 saturated carbocycles. The van der Waals surface area contributed by atoms with E-state index in [0.29, 0.717) is 5.92 Å². The third-order valence-corrected chi connectivity index (χ3v) is 2.80. The molecule has 0 spiro atoms.